The van der Waals surface area contributed by atoms with Crippen LogP contribution in [0.5, 0.6) is 0 Å². The predicted molar refractivity (Wildman–Crippen MR) is 51.9 cm³/mol. The number of nitrogens with two attached hydrogens (primary N) is 1. The van der Waals surface area contributed by atoms with Crippen molar-refractivity contribution in [1.29, 1.82) is 0 Å². The van der Waals surface area contributed by atoms with Crippen LogP contribution in [0.1, 0.15) is 5.56 Å². The third-order valence-corrected chi connectivity index (χ3v) is 1.69. The Hall–Kier alpha value is -1.77. The van der Waals surface area contributed by atoms with Crippen molar-refractivity contribution in [1.82, 2.24) is 0 Å². The van der Waals surface area contributed by atoms with E-state index >= 15 is 0 Å². The Bertz CT molecular complexity index is 327. The Kier molecular flexibility index (Phi) is 2.69. The largest absolute Gasteiger partial charge is 0.465 e. The lowest BCUT2D eigenvalue weighted by Gasteiger charge is -2.03. The minimum atomic E-state index is -0.426. The molecule has 0 aliphatic heterocycles. The van der Waals surface area contributed by atoms with Crippen LogP contribution in [0.3, 0.4) is 0 Å². The van der Waals surface area contributed by atoms with E-state index in [1.54, 1.807) is 24.3 Å². The zero-order chi connectivity index (χ0) is 9.84. The molecule has 3 heteroatoms. The summed E-state index contributed by atoms with van der Waals surface area (Å²) in [5.74, 6) is -0.426. The first-order valence-corrected chi connectivity index (χ1v) is 3.78. The molecule has 1 aromatic carbocycles. The third kappa shape index (κ3) is 2.08. The van der Waals surface area contributed by atoms with Gasteiger partial charge in [-0.05, 0) is 17.7 Å². The standard InChI is InChI=1S/C10H11NO2/c1-7(10(12)13-2)8-3-5-9(11)6-4-8/h3-6H,1,11H2,2H3. The average Bonchev–Trinajstić information content (AvgIpc) is 2.17. The molecule has 0 fully saturated rings. The van der Waals surface area contributed by atoms with Gasteiger partial charge in [0, 0.05) is 5.69 Å². The van der Waals surface area contributed by atoms with Crippen molar-refractivity contribution < 1.29 is 9.53 Å². The molecule has 0 aliphatic carbocycles. The number of hydrogen-bond donors (Lipinski definition) is 1. The van der Waals surface area contributed by atoms with E-state index in [1.165, 1.54) is 7.11 Å². The van der Waals surface area contributed by atoms with E-state index in [0.29, 0.717) is 11.3 Å². The second-order valence-corrected chi connectivity index (χ2v) is 2.59. The Morgan fingerprint density at radius 1 is 1.38 bits per heavy atom. The molecule has 0 unspecified atom stereocenters. The summed E-state index contributed by atoms with van der Waals surface area (Å²) >= 11 is 0. The summed E-state index contributed by atoms with van der Waals surface area (Å²) in [6.07, 6.45) is 0. The number of ether oxygens (including phenoxy) is 1. The fourth-order valence-corrected chi connectivity index (χ4v) is 0.925. The van der Waals surface area contributed by atoms with E-state index in [4.69, 9.17) is 5.73 Å². The monoisotopic (exact) mass is 177 g/mol. The van der Waals surface area contributed by atoms with Crippen LogP contribution in [-0.2, 0) is 9.53 Å². The summed E-state index contributed by atoms with van der Waals surface area (Å²) in [7, 11) is 1.32. The van der Waals surface area contributed by atoms with Gasteiger partial charge in [-0.2, -0.15) is 0 Å². The molecule has 0 heterocycles. The number of benzene rings is 1. The molecule has 0 aliphatic rings. The Morgan fingerprint density at radius 3 is 2.38 bits per heavy atom. The molecule has 13 heavy (non-hydrogen) atoms. The van der Waals surface area contributed by atoms with Crippen molar-refractivity contribution in [3.8, 4) is 0 Å². The van der Waals surface area contributed by atoms with Crippen LogP contribution in [0, 0.1) is 0 Å². The van der Waals surface area contributed by atoms with Gasteiger partial charge >= 0.3 is 5.97 Å². The van der Waals surface area contributed by atoms with Crippen LogP contribution in [0.25, 0.3) is 5.57 Å². The van der Waals surface area contributed by atoms with Crippen molar-refractivity contribution in [3.63, 3.8) is 0 Å². The first-order valence-electron chi connectivity index (χ1n) is 3.78. The second-order valence-electron chi connectivity index (χ2n) is 2.59. The molecule has 0 radical (unpaired) electrons. The molecule has 1 aromatic rings. The molecule has 68 valence electrons. The molecule has 3 nitrogen and oxygen atoms in total. The van der Waals surface area contributed by atoms with Gasteiger partial charge in [-0.15, -0.1) is 0 Å². The van der Waals surface area contributed by atoms with Crippen molar-refractivity contribution in [3.05, 3.63) is 36.4 Å². The van der Waals surface area contributed by atoms with Gasteiger partial charge < -0.3 is 10.5 Å². The lowest BCUT2D eigenvalue weighted by molar-refractivity contribution is -0.133. The van der Waals surface area contributed by atoms with E-state index in [1.807, 2.05) is 0 Å². The van der Waals surface area contributed by atoms with Gasteiger partial charge in [0.05, 0.1) is 12.7 Å². The maximum absolute atomic E-state index is 11.0. The molecule has 0 aromatic heterocycles. The Labute approximate surface area is 76.8 Å². The quantitative estimate of drug-likeness (QED) is 0.422. The molecule has 0 saturated heterocycles. The number of anilines is 1. The lowest BCUT2D eigenvalue weighted by Crippen LogP contribution is -2.02. The number of hydrogen-bond acceptors (Lipinski definition) is 3. The van der Waals surface area contributed by atoms with Gasteiger partial charge in [0.2, 0.25) is 0 Å². The van der Waals surface area contributed by atoms with E-state index in [9.17, 15) is 4.79 Å². The summed E-state index contributed by atoms with van der Waals surface area (Å²) in [5, 5.41) is 0. The highest BCUT2D eigenvalue weighted by molar-refractivity contribution is 6.15. The molecule has 0 bridgehead atoms. The number of carbonyl (C=O) groups is 1. The summed E-state index contributed by atoms with van der Waals surface area (Å²) < 4.78 is 4.53. The van der Waals surface area contributed by atoms with Gasteiger partial charge in [0.25, 0.3) is 0 Å². The highest BCUT2D eigenvalue weighted by atomic mass is 16.5. The van der Waals surface area contributed by atoms with Gasteiger partial charge in [-0.1, -0.05) is 18.7 Å². The predicted octanol–water partition coefficient (Wildman–Crippen LogP) is 1.46. The van der Waals surface area contributed by atoms with Gasteiger partial charge in [0.1, 0.15) is 0 Å². The number of esters is 1. The van der Waals surface area contributed by atoms with Crippen LogP contribution in [0.15, 0.2) is 30.8 Å². The smallest absolute Gasteiger partial charge is 0.337 e. The highest BCUT2D eigenvalue weighted by Crippen LogP contribution is 2.15. The fraction of sp³-hybridized carbons (Fsp3) is 0.100. The molecule has 0 atom stereocenters. The van der Waals surface area contributed by atoms with Crippen molar-refractivity contribution >= 4 is 17.2 Å². The summed E-state index contributed by atoms with van der Waals surface area (Å²) in [4.78, 5) is 11.0. The molecule has 2 N–H and O–H groups in total. The molecule has 0 saturated carbocycles. The third-order valence-electron chi connectivity index (χ3n) is 1.69. The van der Waals surface area contributed by atoms with Crippen LogP contribution >= 0.6 is 0 Å². The normalized spacial score (nSPS) is 9.31. The van der Waals surface area contributed by atoms with Crippen LogP contribution < -0.4 is 5.73 Å². The van der Waals surface area contributed by atoms with E-state index in [0.717, 1.165) is 5.56 Å². The average molecular weight is 177 g/mol. The summed E-state index contributed by atoms with van der Waals surface area (Å²) in [5.41, 5.74) is 7.20. The number of methoxy groups -OCH3 is 1. The lowest BCUT2D eigenvalue weighted by atomic mass is 10.1. The van der Waals surface area contributed by atoms with E-state index in [2.05, 4.69) is 11.3 Å². The first kappa shape index (κ1) is 9.32. The van der Waals surface area contributed by atoms with Gasteiger partial charge in [0.15, 0.2) is 0 Å². The number of nitrogen functional groups attached to an aromatic ring is 1. The zero-order valence-electron chi connectivity index (χ0n) is 7.41. The molecular weight excluding hydrogens is 166 g/mol. The molecule has 0 spiro atoms. The Morgan fingerprint density at radius 2 is 1.92 bits per heavy atom. The van der Waals surface area contributed by atoms with E-state index < -0.39 is 5.97 Å². The van der Waals surface area contributed by atoms with Crippen LogP contribution in [-0.4, -0.2) is 13.1 Å². The summed E-state index contributed by atoms with van der Waals surface area (Å²) in [6, 6.07) is 6.88. The van der Waals surface area contributed by atoms with Crippen molar-refractivity contribution in [2.45, 2.75) is 0 Å². The molecular formula is C10H11NO2. The Balaban J connectivity index is 2.90. The van der Waals surface area contributed by atoms with Crippen LogP contribution in [0.4, 0.5) is 5.69 Å². The maximum Gasteiger partial charge on any atom is 0.337 e. The van der Waals surface area contributed by atoms with E-state index in [-0.39, 0.29) is 0 Å². The molecule has 1 rings (SSSR count). The van der Waals surface area contributed by atoms with Gasteiger partial charge in [-0.25, -0.2) is 4.79 Å². The minimum absolute atomic E-state index is 0.336. The minimum Gasteiger partial charge on any atom is -0.465 e. The number of carbonyl (C=O) groups excluding carboxylic acids is 1. The highest BCUT2D eigenvalue weighted by Gasteiger charge is 2.08. The van der Waals surface area contributed by atoms with Crippen molar-refractivity contribution in [2.75, 3.05) is 12.8 Å². The molecule has 0 amide bonds. The second kappa shape index (κ2) is 3.76. The first-order chi connectivity index (χ1) is 6.15. The fourth-order valence-electron chi connectivity index (χ4n) is 0.925. The SMILES string of the molecule is C=C(C(=O)OC)c1ccc(N)cc1. The number of rotatable bonds is 2. The zero-order valence-corrected chi connectivity index (χ0v) is 7.41. The maximum atomic E-state index is 11.0. The van der Waals surface area contributed by atoms with Crippen molar-refractivity contribution in [2.24, 2.45) is 0 Å². The van der Waals surface area contributed by atoms with Gasteiger partial charge in [-0.3, -0.25) is 0 Å². The van der Waals surface area contributed by atoms with Crippen LogP contribution in [0.2, 0.25) is 0 Å². The topological polar surface area (TPSA) is 52.3 Å². The summed E-state index contributed by atoms with van der Waals surface area (Å²) in [6.45, 7) is 3.61.